The quantitative estimate of drug-likeness (QED) is 0.366. The van der Waals surface area contributed by atoms with Gasteiger partial charge in [0.05, 0.1) is 26.5 Å². The van der Waals surface area contributed by atoms with E-state index in [-0.39, 0.29) is 42.3 Å². The van der Waals surface area contributed by atoms with Gasteiger partial charge in [0, 0.05) is 30.5 Å². The maximum Gasteiger partial charge on any atom is 0.253 e. The molecule has 0 unspecified atom stereocenters. The van der Waals surface area contributed by atoms with E-state index in [4.69, 9.17) is 58.0 Å². The second-order valence-electron chi connectivity index (χ2n) is 8.59. The minimum atomic E-state index is -2.69. The van der Waals surface area contributed by atoms with Crippen LogP contribution in [0.5, 0.6) is 0 Å². The molecule has 0 saturated heterocycles. The van der Waals surface area contributed by atoms with Gasteiger partial charge in [-0.2, -0.15) is 0 Å². The zero-order chi connectivity index (χ0) is 24.8. The number of hydrogen-bond donors (Lipinski definition) is 2. The highest BCUT2D eigenvalue weighted by molar-refractivity contribution is 6.53. The fourth-order valence-corrected chi connectivity index (χ4v) is 5.56. The van der Waals surface area contributed by atoms with E-state index in [1.165, 1.54) is 12.1 Å². The smallest absolute Gasteiger partial charge is 0.253 e. The van der Waals surface area contributed by atoms with Gasteiger partial charge in [-0.15, -0.1) is 23.2 Å². The second kappa shape index (κ2) is 9.62. The topological polar surface area (TPSA) is 58.2 Å². The molecule has 34 heavy (non-hydrogen) atoms. The average molecular weight is 571 g/mol. The highest BCUT2D eigenvalue weighted by Gasteiger charge is 2.67. The van der Waals surface area contributed by atoms with Crippen LogP contribution in [0.1, 0.15) is 47.5 Å². The Bertz CT molecular complexity index is 1130. The lowest BCUT2D eigenvalue weighted by atomic mass is 9.92. The van der Waals surface area contributed by atoms with E-state index in [2.05, 4.69) is 10.6 Å². The Balaban J connectivity index is 1.44. The Morgan fingerprint density at radius 3 is 2.21 bits per heavy atom. The Hall–Kier alpha value is -1.31. The summed E-state index contributed by atoms with van der Waals surface area (Å²) in [5.74, 6) is -4.89. The number of anilines is 1. The summed E-state index contributed by atoms with van der Waals surface area (Å²) in [7, 11) is 0. The third-order valence-electron chi connectivity index (χ3n) is 6.17. The van der Waals surface area contributed by atoms with Crippen LogP contribution in [-0.4, -0.2) is 28.1 Å². The molecule has 0 radical (unpaired) electrons. The predicted octanol–water partition coefficient (Wildman–Crippen LogP) is 7.48. The van der Waals surface area contributed by atoms with Gasteiger partial charge in [0.25, 0.3) is 5.91 Å². The molecule has 0 bridgehead atoms. The monoisotopic (exact) mass is 568 g/mol. The van der Waals surface area contributed by atoms with Crippen LogP contribution in [-0.2, 0) is 4.79 Å². The fraction of sp³-hybridized carbons (Fsp3) is 0.391. The van der Waals surface area contributed by atoms with Crippen LogP contribution < -0.4 is 10.6 Å². The highest BCUT2D eigenvalue weighted by Crippen LogP contribution is 2.65. The maximum absolute atomic E-state index is 13.4. The fourth-order valence-electron chi connectivity index (χ4n) is 4.22. The molecule has 2 fully saturated rings. The summed E-state index contributed by atoms with van der Waals surface area (Å²) >= 11 is 31.0. The van der Waals surface area contributed by atoms with E-state index in [9.17, 15) is 18.4 Å². The molecule has 2 aromatic carbocycles. The van der Waals surface area contributed by atoms with E-state index < -0.39 is 33.9 Å². The second-order valence-corrected chi connectivity index (χ2v) is 11.3. The summed E-state index contributed by atoms with van der Waals surface area (Å²) in [6.07, 6.45) is -0.195. The molecule has 2 aromatic rings. The Kier molecular flexibility index (Phi) is 7.30. The lowest BCUT2D eigenvalue weighted by Gasteiger charge is -2.28. The molecule has 2 atom stereocenters. The molecule has 2 amide bonds. The number of amides is 2. The third kappa shape index (κ3) is 5.41. The molecule has 2 aliphatic carbocycles. The van der Waals surface area contributed by atoms with Crippen molar-refractivity contribution < 1.29 is 18.4 Å². The summed E-state index contributed by atoms with van der Waals surface area (Å²) in [5, 5.41) is 6.33. The first kappa shape index (κ1) is 25.8. The van der Waals surface area contributed by atoms with E-state index in [0.717, 1.165) is 0 Å². The minimum Gasteiger partial charge on any atom is -0.349 e. The summed E-state index contributed by atoms with van der Waals surface area (Å²) < 4.78 is 25.4. The van der Waals surface area contributed by atoms with Gasteiger partial charge in [0.2, 0.25) is 11.8 Å². The van der Waals surface area contributed by atoms with Crippen LogP contribution in [0.2, 0.25) is 15.1 Å². The molecular formula is C23H19Cl5F2N2O2. The number of nitrogens with one attached hydrogen (secondary N) is 2. The molecule has 2 aliphatic rings. The number of rotatable bonds is 5. The third-order valence-corrected chi connectivity index (χ3v) is 8.18. The molecule has 0 aliphatic heterocycles. The molecule has 11 heteroatoms. The lowest BCUT2D eigenvalue weighted by molar-refractivity contribution is -0.117. The average Bonchev–Trinajstić information content (AvgIpc) is 3.35. The van der Waals surface area contributed by atoms with E-state index in [1.807, 2.05) is 0 Å². The SMILES string of the molecule is O=C(NC1CCC(F)(F)CC1)c1cc(NC(=O)[C@H]2[C@H](c3ccc(Cl)c(Cl)c3)C2(Cl)Cl)ccc1Cl. The molecule has 0 heterocycles. The largest absolute Gasteiger partial charge is 0.349 e. The maximum atomic E-state index is 13.4. The van der Waals surface area contributed by atoms with Crippen molar-refractivity contribution in [1.82, 2.24) is 5.32 Å². The lowest BCUT2D eigenvalue weighted by Crippen LogP contribution is -2.40. The normalized spacial score (nSPS) is 23.3. The van der Waals surface area contributed by atoms with E-state index in [1.54, 1.807) is 24.3 Å². The van der Waals surface area contributed by atoms with Crippen LogP contribution in [0.3, 0.4) is 0 Å². The van der Waals surface area contributed by atoms with Crippen molar-refractivity contribution in [1.29, 1.82) is 0 Å². The molecule has 2 N–H and O–H groups in total. The molecule has 182 valence electrons. The van der Waals surface area contributed by atoms with Crippen LogP contribution in [0, 0.1) is 5.92 Å². The summed E-state index contributed by atoms with van der Waals surface area (Å²) in [4.78, 5) is 25.6. The molecule has 2 saturated carbocycles. The molecule has 0 spiro atoms. The van der Waals surface area contributed by atoms with Crippen LogP contribution in [0.4, 0.5) is 14.5 Å². The number of carbonyl (C=O) groups excluding carboxylic acids is 2. The summed E-state index contributed by atoms with van der Waals surface area (Å²) in [5.41, 5.74) is 1.11. The van der Waals surface area contributed by atoms with Gasteiger partial charge in [0.1, 0.15) is 4.33 Å². The molecular weight excluding hydrogens is 552 g/mol. The van der Waals surface area contributed by atoms with Crippen LogP contribution in [0.15, 0.2) is 36.4 Å². The summed E-state index contributed by atoms with van der Waals surface area (Å²) in [6.45, 7) is 0. The standard InChI is InChI=1S/C23H19Cl5F2N2O2/c24-15-4-2-13(10-14(15)20(33)31-12-5-7-22(29,30)8-6-12)32-21(34)19-18(23(19,27)28)11-1-3-16(25)17(26)9-11/h1-4,9-10,12,18-19H,5-8H2,(H,31,33)(H,32,34)/t18-,19+/m0/s1. The number of hydrogen-bond acceptors (Lipinski definition) is 2. The van der Waals surface area contributed by atoms with Crippen molar-refractivity contribution in [3.8, 4) is 0 Å². The van der Waals surface area contributed by atoms with Gasteiger partial charge in [-0.25, -0.2) is 8.78 Å². The van der Waals surface area contributed by atoms with Crippen LogP contribution >= 0.6 is 58.0 Å². The summed E-state index contributed by atoms with van der Waals surface area (Å²) in [6, 6.07) is 9.00. The molecule has 4 nitrogen and oxygen atoms in total. The number of alkyl halides is 4. The van der Waals surface area contributed by atoms with Gasteiger partial charge in [-0.1, -0.05) is 40.9 Å². The van der Waals surface area contributed by atoms with Crippen molar-refractivity contribution in [2.75, 3.05) is 5.32 Å². The zero-order valence-corrected chi connectivity index (χ0v) is 21.3. The zero-order valence-electron chi connectivity index (χ0n) is 17.5. The molecule has 0 aromatic heterocycles. The number of benzene rings is 2. The molecule has 4 rings (SSSR count). The van der Waals surface area contributed by atoms with Gasteiger partial charge >= 0.3 is 0 Å². The first-order chi connectivity index (χ1) is 15.9. The highest BCUT2D eigenvalue weighted by atomic mass is 35.5. The Morgan fingerprint density at radius 1 is 0.912 bits per heavy atom. The first-order valence-corrected chi connectivity index (χ1v) is 12.4. The van der Waals surface area contributed by atoms with Crippen molar-refractivity contribution in [2.45, 2.75) is 47.9 Å². The van der Waals surface area contributed by atoms with Gasteiger partial charge in [-0.3, -0.25) is 9.59 Å². The van der Waals surface area contributed by atoms with Crippen molar-refractivity contribution in [3.05, 3.63) is 62.6 Å². The predicted molar refractivity (Wildman–Crippen MR) is 132 cm³/mol. The van der Waals surface area contributed by atoms with E-state index in [0.29, 0.717) is 21.3 Å². The number of carbonyl (C=O) groups is 2. The minimum absolute atomic E-state index is 0.122. The van der Waals surface area contributed by atoms with Gasteiger partial charge < -0.3 is 10.6 Å². The van der Waals surface area contributed by atoms with Gasteiger partial charge in [0.15, 0.2) is 0 Å². The van der Waals surface area contributed by atoms with Crippen molar-refractivity contribution >= 4 is 75.5 Å². The Labute approximate surface area is 220 Å². The van der Waals surface area contributed by atoms with Crippen LogP contribution in [0.25, 0.3) is 0 Å². The Morgan fingerprint density at radius 2 is 1.56 bits per heavy atom. The van der Waals surface area contributed by atoms with Crippen molar-refractivity contribution in [3.63, 3.8) is 0 Å². The number of halogens is 7. The van der Waals surface area contributed by atoms with Gasteiger partial charge in [-0.05, 0) is 48.7 Å². The van der Waals surface area contributed by atoms with E-state index >= 15 is 0 Å². The van der Waals surface area contributed by atoms with Crippen molar-refractivity contribution in [2.24, 2.45) is 5.92 Å². The first-order valence-electron chi connectivity index (χ1n) is 10.5.